The number of anilines is 1. The van der Waals surface area contributed by atoms with Crippen LogP contribution in [0.15, 0.2) is 41.6 Å². The van der Waals surface area contributed by atoms with Gasteiger partial charge in [-0.25, -0.2) is 27.6 Å². The molecule has 0 fully saturated rings. The van der Waals surface area contributed by atoms with Gasteiger partial charge >= 0.3 is 6.09 Å². The number of hydrogen-bond donors (Lipinski definition) is 3. The highest BCUT2D eigenvalue weighted by atomic mass is 35.5. The Bertz CT molecular complexity index is 1180. The first-order valence-electron chi connectivity index (χ1n) is 8.04. The molecule has 0 aliphatic rings. The third-order valence-electron chi connectivity index (χ3n) is 3.73. The van der Waals surface area contributed by atoms with Crippen LogP contribution >= 0.6 is 11.6 Å². The normalized spacial score (nSPS) is 11.3. The maximum atomic E-state index is 13.2. The Morgan fingerprint density at radius 2 is 2.14 bits per heavy atom. The number of hydrogen-bond acceptors (Lipinski definition) is 7. The number of nitrogens with one attached hydrogen (secondary N) is 2. The fraction of sp³-hybridized carbons (Fsp3) is 0.118. The summed E-state index contributed by atoms with van der Waals surface area (Å²) in [5.41, 5.74) is 6.55. The number of aromatic amines is 1. The van der Waals surface area contributed by atoms with Crippen molar-refractivity contribution in [2.45, 2.75) is 11.4 Å². The quantitative estimate of drug-likeness (QED) is 0.554. The van der Waals surface area contributed by atoms with Crippen LogP contribution < -0.4 is 15.8 Å². The van der Waals surface area contributed by atoms with Crippen molar-refractivity contribution in [2.24, 2.45) is 0 Å². The Hall–Kier alpha value is -3.18. The lowest BCUT2D eigenvalue weighted by Crippen LogP contribution is -2.26. The van der Waals surface area contributed by atoms with Crippen LogP contribution in [0.2, 0.25) is 5.02 Å². The topological polar surface area (TPSA) is 140 Å². The molecule has 4 N–H and O–H groups in total. The first kappa shape index (κ1) is 20.6. The van der Waals surface area contributed by atoms with Crippen molar-refractivity contribution in [1.82, 2.24) is 20.3 Å². The second kappa shape index (κ2) is 8.05. The van der Waals surface area contributed by atoms with E-state index in [-0.39, 0.29) is 34.0 Å². The number of amides is 1. The number of carbonyl (C=O) groups is 1. The van der Waals surface area contributed by atoms with Crippen LogP contribution in [-0.2, 0) is 16.4 Å². The van der Waals surface area contributed by atoms with Crippen LogP contribution in [0.1, 0.15) is 5.56 Å². The lowest BCUT2D eigenvalue weighted by atomic mass is 10.2. The standard InChI is InChI=1S/C17H15ClFN5O4S/c1-29(26,27)13-8-22-16(20)24-15(13)10-5-14(21-7-10)28-17(25)23-6-9-2-3-12(19)11(18)4-9/h2-5,7-8,21H,6H2,1H3,(H,23,25)(H2,20,22,24). The molecule has 1 amide bonds. The predicted octanol–water partition coefficient (Wildman–Crippen LogP) is 2.54. The van der Waals surface area contributed by atoms with Gasteiger partial charge in [-0.15, -0.1) is 0 Å². The number of carbonyl (C=O) groups excluding carboxylic acids is 1. The first-order chi connectivity index (χ1) is 13.6. The Labute approximate surface area is 170 Å². The van der Waals surface area contributed by atoms with Crippen molar-refractivity contribution in [3.63, 3.8) is 0 Å². The van der Waals surface area contributed by atoms with Crippen molar-refractivity contribution in [1.29, 1.82) is 0 Å². The van der Waals surface area contributed by atoms with Crippen molar-refractivity contribution >= 4 is 33.5 Å². The highest BCUT2D eigenvalue weighted by Gasteiger charge is 2.19. The molecular formula is C17H15ClFN5O4S. The summed E-state index contributed by atoms with van der Waals surface area (Å²) in [4.78, 5) is 22.2. The van der Waals surface area contributed by atoms with Crippen molar-refractivity contribution in [3.8, 4) is 17.1 Å². The fourth-order valence-electron chi connectivity index (χ4n) is 2.39. The second-order valence-electron chi connectivity index (χ2n) is 5.96. The molecule has 2 aromatic heterocycles. The molecule has 29 heavy (non-hydrogen) atoms. The number of sulfone groups is 1. The van der Waals surface area contributed by atoms with Gasteiger partial charge in [0, 0.05) is 30.6 Å². The van der Waals surface area contributed by atoms with E-state index in [1.807, 2.05) is 0 Å². The summed E-state index contributed by atoms with van der Waals surface area (Å²) in [6.07, 6.45) is 2.76. The van der Waals surface area contributed by atoms with Gasteiger partial charge in [-0.05, 0) is 17.7 Å². The van der Waals surface area contributed by atoms with Gasteiger partial charge in [-0.1, -0.05) is 17.7 Å². The third kappa shape index (κ3) is 5.00. The molecule has 0 saturated carbocycles. The molecular weight excluding hydrogens is 425 g/mol. The molecule has 12 heteroatoms. The summed E-state index contributed by atoms with van der Waals surface area (Å²) < 4.78 is 42.1. The molecule has 0 aliphatic carbocycles. The summed E-state index contributed by atoms with van der Waals surface area (Å²) in [6.45, 7) is 0.0626. The third-order valence-corrected chi connectivity index (χ3v) is 5.11. The van der Waals surface area contributed by atoms with Gasteiger partial charge in [0.05, 0.1) is 16.9 Å². The average molecular weight is 440 g/mol. The Kier molecular flexibility index (Phi) is 5.71. The van der Waals surface area contributed by atoms with E-state index in [2.05, 4.69) is 20.3 Å². The summed E-state index contributed by atoms with van der Waals surface area (Å²) in [5, 5.41) is 2.43. The number of benzene rings is 1. The monoisotopic (exact) mass is 439 g/mol. The number of halogens is 2. The number of ether oxygens (including phenoxy) is 1. The van der Waals surface area contributed by atoms with Crippen molar-refractivity contribution in [3.05, 3.63) is 53.1 Å². The fourth-order valence-corrected chi connectivity index (χ4v) is 3.35. The minimum Gasteiger partial charge on any atom is -0.393 e. The summed E-state index contributed by atoms with van der Waals surface area (Å²) in [5.74, 6) is -0.617. The van der Waals surface area contributed by atoms with Crippen molar-refractivity contribution in [2.75, 3.05) is 12.0 Å². The molecule has 0 atom stereocenters. The van der Waals surface area contributed by atoms with Gasteiger partial charge in [-0.3, -0.25) is 0 Å². The molecule has 2 heterocycles. The summed E-state index contributed by atoms with van der Waals surface area (Å²) in [7, 11) is -3.61. The molecule has 1 aromatic carbocycles. The van der Waals surface area contributed by atoms with Crippen LogP contribution in [0.5, 0.6) is 5.88 Å². The Balaban J connectivity index is 1.71. The Morgan fingerprint density at radius 3 is 2.83 bits per heavy atom. The lowest BCUT2D eigenvalue weighted by molar-refractivity contribution is 0.198. The number of H-pyrrole nitrogens is 1. The summed E-state index contributed by atoms with van der Waals surface area (Å²) in [6, 6.07) is 5.44. The van der Waals surface area contributed by atoms with Crippen LogP contribution in [0.25, 0.3) is 11.3 Å². The molecule has 0 saturated heterocycles. The number of nitrogen functional groups attached to an aromatic ring is 1. The second-order valence-corrected chi connectivity index (χ2v) is 8.35. The van der Waals surface area contributed by atoms with E-state index in [1.165, 1.54) is 30.5 Å². The van der Waals surface area contributed by atoms with E-state index in [9.17, 15) is 17.6 Å². The van der Waals surface area contributed by atoms with Crippen LogP contribution in [0.3, 0.4) is 0 Å². The van der Waals surface area contributed by atoms with Gasteiger partial charge in [-0.2, -0.15) is 0 Å². The van der Waals surface area contributed by atoms with E-state index >= 15 is 0 Å². The number of nitrogens with two attached hydrogens (primary N) is 1. The van der Waals surface area contributed by atoms with Gasteiger partial charge in [0.1, 0.15) is 10.7 Å². The highest BCUT2D eigenvalue weighted by Crippen LogP contribution is 2.28. The van der Waals surface area contributed by atoms with Gasteiger partial charge in [0.25, 0.3) is 0 Å². The smallest absolute Gasteiger partial charge is 0.393 e. The largest absolute Gasteiger partial charge is 0.414 e. The van der Waals surface area contributed by atoms with E-state index in [0.29, 0.717) is 11.1 Å². The van der Waals surface area contributed by atoms with Crippen LogP contribution in [0.4, 0.5) is 15.1 Å². The molecule has 0 spiro atoms. The molecule has 0 unspecified atom stereocenters. The lowest BCUT2D eigenvalue weighted by Gasteiger charge is -2.06. The molecule has 9 nitrogen and oxygen atoms in total. The average Bonchev–Trinajstić information content (AvgIpc) is 3.10. The number of aromatic nitrogens is 3. The molecule has 0 bridgehead atoms. The minimum atomic E-state index is -3.61. The van der Waals surface area contributed by atoms with Crippen molar-refractivity contribution < 1.29 is 22.3 Å². The molecule has 3 rings (SSSR count). The van der Waals surface area contributed by atoms with Gasteiger partial charge in [0.2, 0.25) is 11.8 Å². The van der Waals surface area contributed by atoms with Gasteiger partial charge < -0.3 is 20.8 Å². The van der Waals surface area contributed by atoms with Crippen LogP contribution in [0, 0.1) is 5.82 Å². The Morgan fingerprint density at radius 1 is 1.38 bits per heavy atom. The molecule has 0 aliphatic heterocycles. The van der Waals surface area contributed by atoms with E-state index in [1.54, 1.807) is 0 Å². The van der Waals surface area contributed by atoms with E-state index in [0.717, 1.165) is 12.5 Å². The van der Waals surface area contributed by atoms with Crippen LogP contribution in [-0.4, -0.2) is 35.7 Å². The first-order valence-corrected chi connectivity index (χ1v) is 10.3. The van der Waals surface area contributed by atoms with E-state index in [4.69, 9.17) is 22.1 Å². The molecule has 0 radical (unpaired) electrons. The SMILES string of the molecule is CS(=O)(=O)c1cnc(N)nc1-c1c[nH]c(OC(=O)NCc2ccc(F)c(Cl)c2)c1. The number of rotatable bonds is 5. The zero-order chi connectivity index (χ0) is 21.2. The maximum Gasteiger partial charge on any atom is 0.414 e. The van der Waals surface area contributed by atoms with E-state index < -0.39 is 21.7 Å². The van der Waals surface area contributed by atoms with Gasteiger partial charge in [0.15, 0.2) is 9.84 Å². The highest BCUT2D eigenvalue weighted by molar-refractivity contribution is 7.90. The predicted molar refractivity (Wildman–Crippen MR) is 104 cm³/mol. The minimum absolute atomic E-state index is 0.0475. The number of nitrogens with zero attached hydrogens (tertiary/aromatic N) is 2. The maximum absolute atomic E-state index is 13.2. The zero-order valence-electron chi connectivity index (χ0n) is 14.9. The summed E-state index contributed by atoms with van der Waals surface area (Å²) >= 11 is 5.69. The molecule has 3 aromatic rings. The molecule has 152 valence electrons. The zero-order valence-corrected chi connectivity index (χ0v) is 16.5.